The van der Waals surface area contributed by atoms with E-state index in [1.807, 2.05) is 31.1 Å². The van der Waals surface area contributed by atoms with E-state index >= 15 is 0 Å². The Balaban J connectivity index is 2.12. The molecule has 144 valence electrons. The van der Waals surface area contributed by atoms with Gasteiger partial charge in [0.2, 0.25) is 11.8 Å². The van der Waals surface area contributed by atoms with Crippen LogP contribution in [0.4, 0.5) is 17.1 Å². The molecule has 7 heteroatoms. The minimum atomic E-state index is -1.31. The van der Waals surface area contributed by atoms with E-state index < -0.39 is 17.2 Å². The average Bonchev–Trinajstić information content (AvgIpc) is 2.62. The molecule has 0 radical (unpaired) electrons. The monoisotopic (exact) mass is 389 g/mol. The lowest BCUT2D eigenvalue weighted by atomic mass is 9.90. The highest BCUT2D eigenvalue weighted by Crippen LogP contribution is 2.30. The summed E-state index contributed by atoms with van der Waals surface area (Å²) >= 11 is 5.99. The molecule has 0 fully saturated rings. The van der Waals surface area contributed by atoms with Crippen LogP contribution in [0.3, 0.4) is 0 Å². The first-order chi connectivity index (χ1) is 12.6. The van der Waals surface area contributed by atoms with Crippen molar-refractivity contribution in [3.63, 3.8) is 0 Å². The smallest absolute Gasteiger partial charge is 0.239 e. The molecule has 0 aliphatic rings. The van der Waals surface area contributed by atoms with E-state index in [9.17, 15) is 9.59 Å². The van der Waals surface area contributed by atoms with Crippen molar-refractivity contribution in [3.8, 4) is 5.75 Å². The lowest BCUT2D eigenvalue weighted by Crippen LogP contribution is -2.41. The maximum absolute atomic E-state index is 12.7. The van der Waals surface area contributed by atoms with Crippen LogP contribution < -0.4 is 20.3 Å². The number of nitrogens with one attached hydrogen (secondary N) is 2. The zero-order chi connectivity index (χ0) is 20.2. The van der Waals surface area contributed by atoms with Crippen LogP contribution in [0.15, 0.2) is 42.5 Å². The number of carbonyl (C=O) groups is 2. The summed E-state index contributed by atoms with van der Waals surface area (Å²) in [4.78, 5) is 27.3. The molecule has 6 nitrogen and oxygen atoms in total. The van der Waals surface area contributed by atoms with Crippen molar-refractivity contribution in [2.45, 2.75) is 13.8 Å². The van der Waals surface area contributed by atoms with Gasteiger partial charge in [-0.25, -0.2) is 0 Å². The van der Waals surface area contributed by atoms with Gasteiger partial charge in [0.1, 0.15) is 11.2 Å². The average molecular weight is 390 g/mol. The molecule has 2 N–H and O–H groups in total. The Morgan fingerprint density at radius 1 is 1.00 bits per heavy atom. The Morgan fingerprint density at radius 3 is 2.15 bits per heavy atom. The van der Waals surface area contributed by atoms with Crippen molar-refractivity contribution >= 4 is 40.5 Å². The third-order valence-corrected chi connectivity index (χ3v) is 4.42. The Kier molecular flexibility index (Phi) is 6.33. The number of nitrogens with zero attached hydrogens (tertiary/aromatic N) is 1. The van der Waals surface area contributed by atoms with Gasteiger partial charge in [0, 0.05) is 30.5 Å². The lowest BCUT2D eigenvalue weighted by molar-refractivity contribution is -0.135. The predicted molar refractivity (Wildman–Crippen MR) is 110 cm³/mol. The number of carbonyl (C=O) groups excluding carboxylic acids is 2. The molecular weight excluding hydrogens is 366 g/mol. The van der Waals surface area contributed by atoms with Crippen molar-refractivity contribution < 1.29 is 14.3 Å². The summed E-state index contributed by atoms with van der Waals surface area (Å²) in [5, 5.41) is 5.95. The van der Waals surface area contributed by atoms with E-state index in [1.54, 1.807) is 44.2 Å². The van der Waals surface area contributed by atoms with Crippen LogP contribution in [0.5, 0.6) is 5.75 Å². The van der Waals surface area contributed by atoms with Gasteiger partial charge >= 0.3 is 0 Å². The van der Waals surface area contributed by atoms with Crippen LogP contribution in [-0.4, -0.2) is 33.0 Å². The van der Waals surface area contributed by atoms with Crippen molar-refractivity contribution in [3.05, 3.63) is 47.5 Å². The maximum atomic E-state index is 12.7. The van der Waals surface area contributed by atoms with Crippen LogP contribution in [0.1, 0.15) is 13.8 Å². The van der Waals surface area contributed by atoms with Crippen LogP contribution in [0.25, 0.3) is 0 Å². The summed E-state index contributed by atoms with van der Waals surface area (Å²) in [5.41, 5.74) is 0.726. The second-order valence-electron chi connectivity index (χ2n) is 6.82. The van der Waals surface area contributed by atoms with E-state index in [0.29, 0.717) is 22.1 Å². The molecule has 0 aliphatic carbocycles. The molecule has 2 aromatic carbocycles. The second-order valence-corrected chi connectivity index (χ2v) is 7.26. The molecule has 2 amide bonds. The number of methoxy groups -OCH3 is 1. The molecule has 0 aromatic heterocycles. The normalized spacial score (nSPS) is 10.9. The van der Waals surface area contributed by atoms with Crippen molar-refractivity contribution in [1.29, 1.82) is 0 Å². The summed E-state index contributed by atoms with van der Waals surface area (Å²) in [6, 6.07) is 12.2. The molecule has 0 atom stereocenters. The van der Waals surface area contributed by atoms with Crippen molar-refractivity contribution in [2.75, 3.05) is 36.7 Å². The molecule has 27 heavy (non-hydrogen) atoms. The van der Waals surface area contributed by atoms with Gasteiger partial charge in [-0.05, 0) is 56.3 Å². The molecule has 0 spiro atoms. The highest BCUT2D eigenvalue weighted by Gasteiger charge is 2.36. The van der Waals surface area contributed by atoms with Gasteiger partial charge in [-0.1, -0.05) is 11.6 Å². The Morgan fingerprint density at radius 2 is 1.59 bits per heavy atom. The van der Waals surface area contributed by atoms with Crippen molar-refractivity contribution in [1.82, 2.24) is 0 Å². The van der Waals surface area contributed by atoms with Gasteiger partial charge in [-0.3, -0.25) is 9.59 Å². The Labute approximate surface area is 164 Å². The fourth-order valence-electron chi connectivity index (χ4n) is 2.29. The highest BCUT2D eigenvalue weighted by molar-refractivity contribution is 6.31. The molecule has 0 saturated carbocycles. The Hall–Kier alpha value is -2.73. The quantitative estimate of drug-likeness (QED) is 0.732. The highest BCUT2D eigenvalue weighted by atomic mass is 35.5. The zero-order valence-corrected chi connectivity index (χ0v) is 16.8. The number of ether oxygens (including phenoxy) is 1. The molecule has 2 rings (SSSR count). The summed E-state index contributed by atoms with van der Waals surface area (Å²) < 4.78 is 5.22. The predicted octanol–water partition coefficient (Wildman–Crippen LogP) is 4.02. The summed E-state index contributed by atoms with van der Waals surface area (Å²) in [7, 11) is 5.37. The number of benzene rings is 2. The first kappa shape index (κ1) is 20.6. The fourth-order valence-corrected chi connectivity index (χ4v) is 2.46. The topological polar surface area (TPSA) is 70.7 Å². The van der Waals surface area contributed by atoms with Gasteiger partial charge in [-0.2, -0.15) is 0 Å². The van der Waals surface area contributed by atoms with E-state index in [1.165, 1.54) is 7.11 Å². The standard InChI is InChI=1S/C20H24ClN3O3/c1-20(2,18(25)22-14-7-9-15(10-8-14)24(3)4)19(26)23-16-12-13(21)6-11-17(16)27-5/h6-12H,1-5H3,(H,22,25)(H,23,26). The number of hydrogen-bond acceptors (Lipinski definition) is 4. The number of amides is 2. The molecule has 0 saturated heterocycles. The molecule has 2 aromatic rings. The largest absolute Gasteiger partial charge is 0.495 e. The number of halogens is 1. The molecule has 0 heterocycles. The number of anilines is 3. The third kappa shape index (κ3) is 4.92. The van der Waals surface area contributed by atoms with Crippen LogP contribution >= 0.6 is 11.6 Å². The Bertz CT molecular complexity index is 833. The molecule has 0 bridgehead atoms. The van der Waals surface area contributed by atoms with Crippen LogP contribution in [0, 0.1) is 5.41 Å². The van der Waals surface area contributed by atoms with Crippen LogP contribution in [-0.2, 0) is 9.59 Å². The van der Waals surface area contributed by atoms with Crippen LogP contribution in [0.2, 0.25) is 5.02 Å². The first-order valence-corrected chi connectivity index (χ1v) is 8.77. The summed E-state index contributed by atoms with van der Waals surface area (Å²) in [5.74, 6) is -0.424. The maximum Gasteiger partial charge on any atom is 0.239 e. The second kappa shape index (κ2) is 8.31. The van der Waals surface area contributed by atoms with E-state index in [2.05, 4.69) is 10.6 Å². The van der Waals surface area contributed by atoms with Gasteiger partial charge in [0.25, 0.3) is 0 Å². The van der Waals surface area contributed by atoms with E-state index in [0.717, 1.165) is 5.69 Å². The number of rotatable bonds is 6. The van der Waals surface area contributed by atoms with Gasteiger partial charge in [-0.15, -0.1) is 0 Å². The van der Waals surface area contributed by atoms with Gasteiger partial charge in [0.05, 0.1) is 12.8 Å². The fraction of sp³-hybridized carbons (Fsp3) is 0.300. The number of hydrogen-bond donors (Lipinski definition) is 2. The van der Waals surface area contributed by atoms with Gasteiger partial charge < -0.3 is 20.3 Å². The van der Waals surface area contributed by atoms with E-state index in [-0.39, 0.29) is 0 Å². The zero-order valence-electron chi connectivity index (χ0n) is 16.1. The van der Waals surface area contributed by atoms with Crippen molar-refractivity contribution in [2.24, 2.45) is 5.41 Å². The molecule has 0 aliphatic heterocycles. The van der Waals surface area contributed by atoms with Gasteiger partial charge in [0.15, 0.2) is 0 Å². The third-order valence-electron chi connectivity index (χ3n) is 4.19. The minimum absolute atomic E-state index is 0.409. The summed E-state index contributed by atoms with van der Waals surface area (Å²) in [6.45, 7) is 3.12. The molecular formula is C20H24ClN3O3. The lowest BCUT2D eigenvalue weighted by Gasteiger charge is -2.23. The first-order valence-electron chi connectivity index (χ1n) is 8.39. The van der Waals surface area contributed by atoms with E-state index in [4.69, 9.17) is 16.3 Å². The summed E-state index contributed by atoms with van der Waals surface area (Å²) in [6.07, 6.45) is 0. The minimum Gasteiger partial charge on any atom is -0.495 e. The molecule has 0 unspecified atom stereocenters. The SMILES string of the molecule is COc1ccc(Cl)cc1NC(=O)C(C)(C)C(=O)Nc1ccc(N(C)C)cc1.